The molecular weight excluding hydrogens is 306 g/mol. The van der Waals surface area contributed by atoms with Gasteiger partial charge in [0, 0.05) is 63.3 Å². The summed E-state index contributed by atoms with van der Waals surface area (Å²) in [5.74, 6) is 1.55. The maximum atomic E-state index is 9.82. The average Bonchev–Trinajstić information content (AvgIpc) is 2.94. The van der Waals surface area contributed by atoms with E-state index in [4.69, 9.17) is 0 Å². The number of anilines is 1. The van der Waals surface area contributed by atoms with Gasteiger partial charge < -0.3 is 15.1 Å². The molecule has 2 N–H and O–H groups in total. The van der Waals surface area contributed by atoms with Crippen molar-refractivity contribution < 1.29 is 10.2 Å². The Morgan fingerprint density at radius 1 is 1.00 bits per heavy atom. The molecule has 0 aliphatic carbocycles. The first-order valence-electron chi connectivity index (χ1n) is 8.54. The lowest BCUT2D eigenvalue weighted by atomic mass is 9.91. The van der Waals surface area contributed by atoms with E-state index in [0.717, 1.165) is 45.0 Å². The van der Waals surface area contributed by atoms with Crippen LogP contribution in [0.3, 0.4) is 0 Å². The van der Waals surface area contributed by atoms with Crippen LogP contribution in [0, 0.1) is 5.92 Å². The van der Waals surface area contributed by atoms with Gasteiger partial charge in [-0.05, 0) is 24.8 Å². The van der Waals surface area contributed by atoms with Gasteiger partial charge in [-0.15, -0.1) is 0 Å². The number of piperazine rings is 1. The third-order valence-electron chi connectivity index (χ3n) is 5.22. The Hall–Kier alpha value is -2.28. The van der Waals surface area contributed by atoms with Crippen molar-refractivity contribution in [3.05, 3.63) is 30.6 Å². The number of aromatic hydroxyl groups is 2. The number of hydrogen-bond donors (Lipinski definition) is 2. The second-order valence-corrected chi connectivity index (χ2v) is 6.75. The molecule has 2 fully saturated rings. The molecule has 4 heterocycles. The number of hydrogen-bond acceptors (Lipinski definition) is 6. The van der Waals surface area contributed by atoms with Crippen molar-refractivity contribution >= 4 is 5.95 Å². The van der Waals surface area contributed by atoms with E-state index in [-0.39, 0.29) is 11.8 Å². The Kier molecular flexibility index (Phi) is 4.02. The summed E-state index contributed by atoms with van der Waals surface area (Å²) < 4.78 is 1.60. The maximum absolute atomic E-state index is 9.82. The molecule has 7 nitrogen and oxygen atoms in total. The van der Waals surface area contributed by atoms with Gasteiger partial charge in [0.15, 0.2) is 11.8 Å². The van der Waals surface area contributed by atoms with Gasteiger partial charge >= 0.3 is 0 Å². The highest BCUT2D eigenvalue weighted by Crippen LogP contribution is 2.30. The van der Waals surface area contributed by atoms with E-state index in [1.54, 1.807) is 29.1 Å². The van der Waals surface area contributed by atoms with Crippen LogP contribution in [-0.4, -0.2) is 61.9 Å². The predicted molar refractivity (Wildman–Crippen MR) is 90.1 cm³/mol. The molecule has 0 aromatic carbocycles. The molecule has 0 bridgehead atoms. The monoisotopic (exact) mass is 329 g/mol. The predicted octanol–water partition coefficient (Wildman–Crippen LogP) is 1.29. The second kappa shape index (κ2) is 6.32. The quantitative estimate of drug-likeness (QED) is 0.884. The van der Waals surface area contributed by atoms with Crippen LogP contribution >= 0.6 is 0 Å². The van der Waals surface area contributed by atoms with Gasteiger partial charge in [0.05, 0.1) is 0 Å². The van der Waals surface area contributed by atoms with Crippen LogP contribution in [0.15, 0.2) is 30.6 Å². The number of aromatic nitrogens is 3. The molecule has 4 rings (SSSR count). The van der Waals surface area contributed by atoms with Crippen LogP contribution in [0.1, 0.15) is 12.8 Å². The topological polar surface area (TPSA) is 77.6 Å². The molecule has 0 radical (unpaired) electrons. The van der Waals surface area contributed by atoms with E-state index in [0.29, 0.717) is 18.5 Å². The van der Waals surface area contributed by atoms with Crippen molar-refractivity contribution in [1.82, 2.24) is 19.4 Å². The van der Waals surface area contributed by atoms with Crippen molar-refractivity contribution in [3.63, 3.8) is 0 Å². The smallest absolute Gasteiger partial charge is 0.225 e. The Labute approximate surface area is 141 Å². The van der Waals surface area contributed by atoms with Crippen molar-refractivity contribution in [2.45, 2.75) is 25.4 Å². The molecule has 2 aromatic rings. The first kappa shape index (κ1) is 15.3. The fourth-order valence-electron chi connectivity index (χ4n) is 3.93. The van der Waals surface area contributed by atoms with E-state index in [1.807, 2.05) is 6.07 Å². The van der Waals surface area contributed by atoms with Gasteiger partial charge in [-0.1, -0.05) is 0 Å². The van der Waals surface area contributed by atoms with Crippen LogP contribution in [0.4, 0.5) is 5.95 Å². The highest BCUT2D eigenvalue weighted by Gasteiger charge is 2.34. The van der Waals surface area contributed by atoms with Gasteiger partial charge in [0.2, 0.25) is 5.95 Å². The van der Waals surface area contributed by atoms with Gasteiger partial charge in [0.1, 0.15) is 0 Å². The fraction of sp³-hybridized carbons (Fsp3) is 0.529. The normalized spacial score (nSPS) is 24.8. The van der Waals surface area contributed by atoms with E-state index >= 15 is 0 Å². The summed E-state index contributed by atoms with van der Waals surface area (Å²) >= 11 is 0. The zero-order valence-corrected chi connectivity index (χ0v) is 13.6. The third kappa shape index (κ3) is 2.91. The molecule has 2 aliphatic heterocycles. The minimum Gasteiger partial charge on any atom is -0.494 e. The minimum atomic E-state index is 0.140. The molecule has 0 spiro atoms. The van der Waals surface area contributed by atoms with E-state index in [9.17, 15) is 10.2 Å². The van der Waals surface area contributed by atoms with Crippen molar-refractivity contribution in [3.8, 4) is 11.8 Å². The lowest BCUT2D eigenvalue weighted by molar-refractivity contribution is 0.0864. The first-order valence-corrected chi connectivity index (χ1v) is 8.54. The molecule has 128 valence electrons. The summed E-state index contributed by atoms with van der Waals surface area (Å²) in [7, 11) is 0. The number of piperidine rings is 1. The Bertz CT molecular complexity index is 670. The third-order valence-corrected chi connectivity index (χ3v) is 5.22. The van der Waals surface area contributed by atoms with Gasteiger partial charge in [-0.25, -0.2) is 9.97 Å². The van der Waals surface area contributed by atoms with Crippen LogP contribution in [-0.2, 0) is 6.54 Å². The molecule has 2 aliphatic rings. The zero-order chi connectivity index (χ0) is 16.5. The molecule has 2 saturated heterocycles. The summed E-state index contributed by atoms with van der Waals surface area (Å²) in [5.41, 5.74) is 0. The SMILES string of the molecule is Oc1ccc(O)n1C[C@H]1CCC2CN(c3ncccn3)CCN2C1. The highest BCUT2D eigenvalue weighted by atomic mass is 16.3. The standard InChI is InChI=1S/C17H23N5O2/c23-15-4-5-16(24)22(15)11-13-2-3-14-12-21(9-8-20(14)10-13)17-18-6-1-7-19-17/h1,4-7,13-14,23-24H,2-3,8-12H2/t13-,14?/m0/s1. The summed E-state index contributed by atoms with van der Waals surface area (Å²) in [5, 5.41) is 19.6. The van der Waals surface area contributed by atoms with E-state index in [1.165, 1.54) is 0 Å². The molecule has 2 aromatic heterocycles. The Morgan fingerprint density at radius 2 is 1.75 bits per heavy atom. The molecule has 0 amide bonds. The zero-order valence-electron chi connectivity index (χ0n) is 13.6. The van der Waals surface area contributed by atoms with Crippen molar-refractivity contribution in [2.24, 2.45) is 5.92 Å². The van der Waals surface area contributed by atoms with Crippen molar-refractivity contribution in [1.29, 1.82) is 0 Å². The van der Waals surface area contributed by atoms with Gasteiger partial charge in [0.25, 0.3) is 0 Å². The van der Waals surface area contributed by atoms with Gasteiger partial charge in [-0.2, -0.15) is 0 Å². The fourth-order valence-corrected chi connectivity index (χ4v) is 3.93. The minimum absolute atomic E-state index is 0.140. The van der Waals surface area contributed by atoms with Crippen LogP contribution < -0.4 is 4.90 Å². The molecule has 1 unspecified atom stereocenters. The summed E-state index contributed by atoms with van der Waals surface area (Å²) in [6.07, 6.45) is 5.81. The van der Waals surface area contributed by atoms with Crippen LogP contribution in [0.2, 0.25) is 0 Å². The molecule has 7 heteroatoms. The average molecular weight is 329 g/mol. The summed E-state index contributed by atoms with van der Waals surface area (Å²) in [4.78, 5) is 13.5. The lowest BCUT2D eigenvalue weighted by Crippen LogP contribution is -2.57. The van der Waals surface area contributed by atoms with Gasteiger partial charge in [-0.3, -0.25) is 9.47 Å². The number of rotatable bonds is 3. The highest BCUT2D eigenvalue weighted by molar-refractivity contribution is 5.30. The van der Waals surface area contributed by atoms with E-state index in [2.05, 4.69) is 19.8 Å². The van der Waals surface area contributed by atoms with Crippen molar-refractivity contribution in [2.75, 3.05) is 31.1 Å². The lowest BCUT2D eigenvalue weighted by Gasteiger charge is -2.46. The van der Waals surface area contributed by atoms with Crippen LogP contribution in [0.25, 0.3) is 0 Å². The maximum Gasteiger partial charge on any atom is 0.225 e. The second-order valence-electron chi connectivity index (χ2n) is 6.75. The first-order chi connectivity index (χ1) is 11.7. The Morgan fingerprint density at radius 3 is 2.50 bits per heavy atom. The largest absolute Gasteiger partial charge is 0.494 e. The number of nitrogens with zero attached hydrogens (tertiary/aromatic N) is 5. The summed E-state index contributed by atoms with van der Waals surface area (Å²) in [6, 6.07) is 5.46. The molecule has 2 atom stereocenters. The number of fused-ring (bicyclic) bond motifs is 1. The van der Waals surface area contributed by atoms with E-state index < -0.39 is 0 Å². The van der Waals surface area contributed by atoms with Crippen LogP contribution in [0.5, 0.6) is 11.8 Å². The molecular formula is C17H23N5O2. The molecule has 0 saturated carbocycles. The Balaban J connectivity index is 1.38. The summed E-state index contributed by atoms with van der Waals surface area (Å²) in [6.45, 7) is 4.58. The molecule has 24 heavy (non-hydrogen) atoms.